The molecule has 0 aliphatic carbocycles. The van der Waals surface area contributed by atoms with E-state index in [-0.39, 0.29) is 48.9 Å². The van der Waals surface area contributed by atoms with E-state index in [0.717, 1.165) is 87.9 Å². The number of aryl methyl sites for hydroxylation is 1. The molecule has 5 rings (SSSR count). The summed E-state index contributed by atoms with van der Waals surface area (Å²) in [6.07, 6.45) is 6.99. The van der Waals surface area contributed by atoms with Crippen LogP contribution in [0, 0.1) is 17.1 Å². The molecule has 0 amide bonds. The Labute approximate surface area is 268 Å². The van der Waals surface area contributed by atoms with Crippen LogP contribution in [-0.2, 0) is 26.1 Å². The molecule has 2 aliphatic rings. The highest BCUT2D eigenvalue weighted by Gasteiger charge is 2.20. The van der Waals surface area contributed by atoms with E-state index < -0.39 is 0 Å². The van der Waals surface area contributed by atoms with Gasteiger partial charge in [0.15, 0.2) is 0 Å². The number of benzene rings is 3. The van der Waals surface area contributed by atoms with Crippen molar-refractivity contribution in [3.63, 3.8) is 0 Å². The van der Waals surface area contributed by atoms with Crippen molar-refractivity contribution in [2.45, 2.75) is 58.2 Å². The summed E-state index contributed by atoms with van der Waals surface area (Å²) in [6.45, 7) is 6.72. The Kier molecular flexibility index (Phi) is 15.1. The Morgan fingerprint density at radius 2 is 1.60 bits per heavy atom. The van der Waals surface area contributed by atoms with Gasteiger partial charge in [-0.3, -0.25) is 15.2 Å². The predicted octanol–water partition coefficient (Wildman–Crippen LogP) is 7.39. The maximum absolute atomic E-state index is 13.3. The highest BCUT2D eigenvalue weighted by molar-refractivity contribution is 5.95. The first kappa shape index (κ1) is 35.8. The van der Waals surface area contributed by atoms with Gasteiger partial charge >= 0.3 is 0 Å². The van der Waals surface area contributed by atoms with Gasteiger partial charge < -0.3 is 10.5 Å². The molecule has 230 valence electrons. The molecule has 3 N–H and O–H groups in total. The molecule has 2 heterocycles. The number of nitrogens with one attached hydrogen (secondary N) is 1. The molecule has 0 spiro atoms. The van der Waals surface area contributed by atoms with Crippen molar-refractivity contribution in [2.24, 2.45) is 11.7 Å². The Balaban J connectivity index is 0.00000205. The summed E-state index contributed by atoms with van der Waals surface area (Å²) >= 11 is 0. The van der Waals surface area contributed by atoms with Crippen LogP contribution in [0.25, 0.3) is 0 Å². The lowest BCUT2D eigenvalue weighted by Gasteiger charge is -2.32. The fraction of sp³-hybridized carbons (Fsp3) is 0.424. The highest BCUT2D eigenvalue weighted by Crippen LogP contribution is 2.26. The van der Waals surface area contributed by atoms with Gasteiger partial charge in [-0.2, -0.15) is 0 Å². The quantitative estimate of drug-likeness (QED) is 0.138. The zero-order valence-corrected chi connectivity index (χ0v) is 26.6. The van der Waals surface area contributed by atoms with Crippen LogP contribution < -0.4 is 10.5 Å². The zero-order valence-electron chi connectivity index (χ0n) is 24.1. The van der Waals surface area contributed by atoms with Crippen LogP contribution in [0.5, 0.6) is 5.75 Å². The van der Waals surface area contributed by atoms with Crippen LogP contribution in [0.4, 0.5) is 4.39 Å². The SMILES string of the molecule is Cl.Cl.Cl.N=C(N)c1cccc(CN2CCC(CCCOc3ccc4c(c3)CN(Cc3ccc(F)cc3)CCC4)CC2)c1. The average Bonchev–Trinajstić information content (AvgIpc) is 3.14. The van der Waals surface area contributed by atoms with E-state index in [1.165, 1.54) is 36.0 Å². The van der Waals surface area contributed by atoms with Crippen LogP contribution in [0.1, 0.15) is 59.9 Å². The van der Waals surface area contributed by atoms with Gasteiger partial charge in [-0.05, 0) is 117 Å². The van der Waals surface area contributed by atoms with Gasteiger partial charge in [0.05, 0.1) is 6.61 Å². The molecule has 0 aromatic heterocycles. The monoisotopic (exact) mass is 636 g/mol. The third-order valence-electron chi connectivity index (χ3n) is 8.19. The topological polar surface area (TPSA) is 65.6 Å². The van der Waals surface area contributed by atoms with Crippen molar-refractivity contribution >= 4 is 43.1 Å². The van der Waals surface area contributed by atoms with Crippen molar-refractivity contribution in [1.29, 1.82) is 5.41 Å². The molecular weight excluding hydrogens is 594 g/mol. The number of nitrogen functional groups attached to an aromatic ring is 1. The number of nitrogens with zero attached hydrogens (tertiary/aromatic N) is 2. The summed E-state index contributed by atoms with van der Waals surface area (Å²) in [5, 5.41) is 7.66. The first-order chi connectivity index (χ1) is 19.0. The molecule has 3 aromatic carbocycles. The minimum atomic E-state index is -0.180. The van der Waals surface area contributed by atoms with Crippen LogP contribution in [0.15, 0.2) is 66.7 Å². The molecule has 0 bridgehead atoms. The molecule has 0 saturated carbocycles. The molecule has 2 aliphatic heterocycles. The molecule has 1 saturated heterocycles. The Morgan fingerprint density at radius 3 is 2.33 bits per heavy atom. The Bertz CT molecular complexity index is 1250. The number of hydrogen-bond acceptors (Lipinski definition) is 4. The van der Waals surface area contributed by atoms with E-state index in [4.69, 9.17) is 15.9 Å². The van der Waals surface area contributed by atoms with Crippen LogP contribution in [0.2, 0.25) is 0 Å². The van der Waals surface area contributed by atoms with Crippen molar-refractivity contribution in [1.82, 2.24) is 9.80 Å². The lowest BCUT2D eigenvalue weighted by Crippen LogP contribution is -2.33. The largest absolute Gasteiger partial charge is 0.494 e. The Morgan fingerprint density at radius 1 is 0.857 bits per heavy atom. The van der Waals surface area contributed by atoms with Gasteiger partial charge in [0.25, 0.3) is 0 Å². The number of amidine groups is 1. The van der Waals surface area contributed by atoms with Crippen molar-refractivity contribution in [3.8, 4) is 5.75 Å². The van der Waals surface area contributed by atoms with E-state index >= 15 is 0 Å². The van der Waals surface area contributed by atoms with Crippen LogP contribution in [-0.4, -0.2) is 41.9 Å². The summed E-state index contributed by atoms with van der Waals surface area (Å²) < 4.78 is 19.5. The fourth-order valence-corrected chi connectivity index (χ4v) is 5.97. The number of rotatable bonds is 10. The molecule has 42 heavy (non-hydrogen) atoms. The fourth-order valence-electron chi connectivity index (χ4n) is 5.97. The maximum Gasteiger partial charge on any atom is 0.123 e. The van der Waals surface area contributed by atoms with Crippen molar-refractivity contribution in [2.75, 3.05) is 26.2 Å². The minimum absolute atomic E-state index is 0. The molecule has 0 radical (unpaired) electrons. The normalized spacial score (nSPS) is 15.7. The number of nitrogens with two attached hydrogens (primary N) is 1. The number of ether oxygens (including phenoxy) is 1. The van der Waals surface area contributed by atoms with E-state index in [1.807, 2.05) is 30.3 Å². The highest BCUT2D eigenvalue weighted by atomic mass is 35.5. The predicted molar refractivity (Wildman–Crippen MR) is 177 cm³/mol. The lowest BCUT2D eigenvalue weighted by molar-refractivity contribution is 0.166. The van der Waals surface area contributed by atoms with Crippen molar-refractivity contribution in [3.05, 3.63) is 100 Å². The molecular formula is C33H44Cl3FN4O. The van der Waals surface area contributed by atoms with Crippen LogP contribution >= 0.6 is 37.2 Å². The van der Waals surface area contributed by atoms with E-state index in [2.05, 4.69) is 34.1 Å². The number of piperidine rings is 1. The molecule has 9 heteroatoms. The zero-order chi connectivity index (χ0) is 27.0. The minimum Gasteiger partial charge on any atom is -0.494 e. The van der Waals surface area contributed by atoms with E-state index in [9.17, 15) is 4.39 Å². The smallest absolute Gasteiger partial charge is 0.123 e. The molecule has 0 unspecified atom stereocenters. The standard InChI is InChI=1S/C33H41FN4O.3ClH/c34-31-11-8-26(9-12-31)22-38-16-2-7-28-10-13-32(21-30(28)24-38)39-19-3-5-25-14-17-37(18-15-25)23-27-4-1-6-29(20-27)33(35)36;;;/h1,4,6,8-13,20-21,25H,2-3,5,7,14-19,22-24H2,(H3,35,36);3*1H. The summed E-state index contributed by atoms with van der Waals surface area (Å²) in [5.41, 5.74) is 11.6. The maximum atomic E-state index is 13.3. The second-order valence-corrected chi connectivity index (χ2v) is 11.2. The first-order valence-corrected chi connectivity index (χ1v) is 14.4. The second-order valence-electron chi connectivity index (χ2n) is 11.2. The number of likely N-dealkylation sites (tertiary alicyclic amines) is 1. The van der Waals surface area contributed by atoms with Crippen molar-refractivity contribution < 1.29 is 9.13 Å². The van der Waals surface area contributed by atoms with Crippen LogP contribution in [0.3, 0.4) is 0 Å². The summed E-state index contributed by atoms with van der Waals surface area (Å²) in [7, 11) is 0. The van der Waals surface area contributed by atoms with Gasteiger partial charge in [-0.1, -0.05) is 36.4 Å². The molecule has 3 aromatic rings. The lowest BCUT2D eigenvalue weighted by atomic mass is 9.92. The average molecular weight is 638 g/mol. The molecule has 5 nitrogen and oxygen atoms in total. The van der Waals surface area contributed by atoms with Gasteiger partial charge in [-0.15, -0.1) is 37.2 Å². The number of hydrogen-bond donors (Lipinski definition) is 2. The van der Waals surface area contributed by atoms with Gasteiger partial charge in [-0.25, -0.2) is 4.39 Å². The van der Waals surface area contributed by atoms with E-state index in [1.54, 1.807) is 12.1 Å². The molecule has 1 fully saturated rings. The first-order valence-electron chi connectivity index (χ1n) is 14.4. The summed E-state index contributed by atoms with van der Waals surface area (Å²) in [5.74, 6) is 1.69. The van der Waals surface area contributed by atoms with Gasteiger partial charge in [0, 0.05) is 25.2 Å². The summed E-state index contributed by atoms with van der Waals surface area (Å²) in [6, 6.07) is 21.5. The summed E-state index contributed by atoms with van der Waals surface area (Å²) in [4.78, 5) is 4.97. The third-order valence-corrected chi connectivity index (χ3v) is 8.19. The van der Waals surface area contributed by atoms with E-state index in [0.29, 0.717) is 0 Å². The second kappa shape index (κ2) is 17.7. The third kappa shape index (κ3) is 10.4. The Hall–Kier alpha value is -2.35. The molecule has 0 atom stereocenters. The van der Waals surface area contributed by atoms with Gasteiger partial charge in [0.2, 0.25) is 0 Å². The number of halogens is 4. The van der Waals surface area contributed by atoms with Gasteiger partial charge in [0.1, 0.15) is 17.4 Å². The number of fused-ring (bicyclic) bond motifs is 1.